The molecule has 0 heterocycles. The summed E-state index contributed by atoms with van der Waals surface area (Å²) in [5, 5.41) is 23.7. The zero-order valence-corrected chi connectivity index (χ0v) is 38.5. The second-order valence-electron chi connectivity index (χ2n) is 17.6. The van der Waals surface area contributed by atoms with Gasteiger partial charge < -0.3 is 20.3 Å². The Kier molecular flexibility index (Phi) is 44.6. The van der Waals surface area contributed by atoms with Crippen LogP contribution in [-0.2, 0) is 14.3 Å². The number of aliphatic hydroxyl groups is 2. The van der Waals surface area contributed by atoms with Crippen LogP contribution in [0.1, 0.15) is 278 Å². The number of aliphatic hydroxyl groups excluding tert-OH is 2. The lowest BCUT2D eigenvalue weighted by Gasteiger charge is -2.24. The maximum atomic E-state index is 13.2. The van der Waals surface area contributed by atoms with E-state index in [1.165, 1.54) is 173 Å². The van der Waals surface area contributed by atoms with E-state index in [2.05, 4.69) is 38.2 Å². The second kappa shape index (κ2) is 45.7. The molecule has 0 aliphatic rings. The number of nitrogens with one attached hydrogen (secondary N) is 1. The maximum absolute atomic E-state index is 13.2. The number of carbonyl (C=O) groups is 2. The van der Waals surface area contributed by atoms with Gasteiger partial charge in [-0.25, -0.2) is 0 Å². The number of unbranched alkanes of at least 4 members (excludes halogenated alkanes) is 32. The van der Waals surface area contributed by atoms with Crippen LogP contribution >= 0.6 is 0 Å². The predicted molar refractivity (Wildman–Crippen MR) is 246 cm³/mol. The van der Waals surface area contributed by atoms with Gasteiger partial charge in [0.25, 0.3) is 0 Å². The lowest BCUT2D eigenvalue weighted by atomic mass is 10.0. The molecule has 3 atom stereocenters. The highest BCUT2D eigenvalue weighted by molar-refractivity contribution is 5.77. The quantitative estimate of drug-likeness (QED) is 0.0323. The highest BCUT2D eigenvalue weighted by atomic mass is 16.5. The number of hydrogen-bond acceptors (Lipinski definition) is 5. The van der Waals surface area contributed by atoms with Crippen molar-refractivity contribution < 1.29 is 24.5 Å². The molecule has 0 aromatic rings. The van der Waals surface area contributed by atoms with E-state index in [4.69, 9.17) is 4.74 Å². The minimum atomic E-state index is -0.782. The molecule has 6 nitrogen and oxygen atoms in total. The fraction of sp³-hybridized carbons (Fsp3) is 0.922. The van der Waals surface area contributed by atoms with Gasteiger partial charge in [-0.3, -0.25) is 9.59 Å². The average Bonchev–Trinajstić information content (AvgIpc) is 3.20. The van der Waals surface area contributed by atoms with Crippen LogP contribution in [0.15, 0.2) is 12.2 Å². The van der Waals surface area contributed by atoms with E-state index in [-0.39, 0.29) is 24.9 Å². The predicted octanol–water partition coefficient (Wildman–Crippen LogP) is 15.0. The molecule has 0 radical (unpaired) electrons. The van der Waals surface area contributed by atoms with Crippen molar-refractivity contribution in [2.24, 2.45) is 0 Å². The smallest absolute Gasteiger partial charge is 0.306 e. The summed E-state index contributed by atoms with van der Waals surface area (Å²) in [5.74, 6) is -0.478. The van der Waals surface area contributed by atoms with Crippen molar-refractivity contribution in [3.8, 4) is 0 Å². The molecule has 0 aromatic heterocycles. The zero-order chi connectivity index (χ0) is 41.7. The van der Waals surface area contributed by atoms with Crippen LogP contribution < -0.4 is 5.32 Å². The van der Waals surface area contributed by atoms with Crippen molar-refractivity contribution in [2.75, 3.05) is 6.61 Å². The SMILES string of the molecule is CCCCCCCC/C=C\CCCCCC(=O)OC(CCCCCCCCCCCCCCCCCC)CC(=O)NC(CO)C(O)CCCCCCCCCCC. The average molecular weight is 806 g/mol. The summed E-state index contributed by atoms with van der Waals surface area (Å²) in [6.45, 7) is 6.47. The Morgan fingerprint density at radius 1 is 0.491 bits per heavy atom. The highest BCUT2D eigenvalue weighted by Crippen LogP contribution is 2.18. The minimum absolute atomic E-state index is 0.0785. The monoisotopic (exact) mass is 806 g/mol. The molecule has 0 aromatic carbocycles. The van der Waals surface area contributed by atoms with Gasteiger partial charge in [0.05, 0.1) is 25.2 Å². The summed E-state index contributed by atoms with van der Waals surface area (Å²) in [4.78, 5) is 26.1. The fourth-order valence-electron chi connectivity index (χ4n) is 7.96. The van der Waals surface area contributed by atoms with E-state index in [0.717, 1.165) is 57.8 Å². The molecule has 0 fully saturated rings. The Bertz CT molecular complexity index is 863. The first kappa shape index (κ1) is 55.6. The van der Waals surface area contributed by atoms with Crippen molar-refractivity contribution >= 4 is 11.9 Å². The summed E-state index contributed by atoms with van der Waals surface area (Å²) in [7, 11) is 0. The lowest BCUT2D eigenvalue weighted by Crippen LogP contribution is -2.46. The molecule has 338 valence electrons. The van der Waals surface area contributed by atoms with Gasteiger partial charge in [-0.1, -0.05) is 226 Å². The maximum Gasteiger partial charge on any atom is 0.306 e. The number of amides is 1. The van der Waals surface area contributed by atoms with Gasteiger partial charge >= 0.3 is 5.97 Å². The Morgan fingerprint density at radius 2 is 0.842 bits per heavy atom. The van der Waals surface area contributed by atoms with Crippen LogP contribution in [0, 0.1) is 0 Å². The molecule has 0 aliphatic heterocycles. The molecule has 0 rings (SSSR count). The molecule has 1 amide bonds. The third kappa shape index (κ3) is 41.1. The van der Waals surface area contributed by atoms with Gasteiger partial charge in [-0.2, -0.15) is 0 Å². The van der Waals surface area contributed by atoms with Crippen molar-refractivity contribution in [2.45, 2.75) is 296 Å². The third-order valence-electron chi connectivity index (χ3n) is 11.8. The molecule has 0 saturated carbocycles. The van der Waals surface area contributed by atoms with Crippen molar-refractivity contribution in [1.82, 2.24) is 5.32 Å². The van der Waals surface area contributed by atoms with Gasteiger partial charge in [0.1, 0.15) is 6.10 Å². The van der Waals surface area contributed by atoms with Crippen LogP contribution in [0.25, 0.3) is 0 Å². The lowest BCUT2D eigenvalue weighted by molar-refractivity contribution is -0.151. The van der Waals surface area contributed by atoms with Crippen molar-refractivity contribution in [3.05, 3.63) is 12.2 Å². The first-order chi connectivity index (χ1) is 28.0. The number of allylic oxidation sites excluding steroid dienone is 2. The number of rotatable bonds is 46. The van der Waals surface area contributed by atoms with E-state index in [1.807, 2.05) is 0 Å². The van der Waals surface area contributed by atoms with E-state index >= 15 is 0 Å². The molecule has 0 saturated heterocycles. The first-order valence-electron chi connectivity index (χ1n) is 25.4. The molecule has 3 unspecified atom stereocenters. The number of hydrogen-bond donors (Lipinski definition) is 3. The van der Waals surface area contributed by atoms with Gasteiger partial charge in [-0.05, 0) is 51.4 Å². The second-order valence-corrected chi connectivity index (χ2v) is 17.6. The highest BCUT2D eigenvalue weighted by Gasteiger charge is 2.24. The molecular formula is C51H99NO5. The Labute approximate surface area is 355 Å². The van der Waals surface area contributed by atoms with E-state index < -0.39 is 18.2 Å². The number of esters is 1. The Balaban J connectivity index is 4.55. The molecule has 0 aliphatic carbocycles. The molecule has 57 heavy (non-hydrogen) atoms. The zero-order valence-electron chi connectivity index (χ0n) is 38.5. The molecular weight excluding hydrogens is 707 g/mol. The Morgan fingerprint density at radius 3 is 1.25 bits per heavy atom. The minimum Gasteiger partial charge on any atom is -0.462 e. The molecule has 3 N–H and O–H groups in total. The largest absolute Gasteiger partial charge is 0.462 e. The summed E-state index contributed by atoms with van der Waals surface area (Å²) < 4.78 is 5.92. The molecule has 0 spiro atoms. The standard InChI is InChI=1S/C51H99NO5/c1-4-7-10-13-16-19-21-23-24-25-27-28-31-33-36-39-42-47(57-51(56)44-41-38-35-32-29-26-22-20-17-14-11-8-5-2)45-50(55)52-48(46-53)49(54)43-40-37-34-30-18-15-12-9-6-3/h26,29,47-49,53-54H,4-25,27-28,30-46H2,1-3H3,(H,52,55)/b29-26-. The normalized spacial score (nSPS) is 13.3. The Hall–Kier alpha value is -1.40. The third-order valence-corrected chi connectivity index (χ3v) is 11.8. The van der Waals surface area contributed by atoms with Crippen LogP contribution in [0.5, 0.6) is 0 Å². The van der Waals surface area contributed by atoms with Crippen molar-refractivity contribution in [3.63, 3.8) is 0 Å². The van der Waals surface area contributed by atoms with Crippen LogP contribution in [-0.4, -0.2) is 46.9 Å². The van der Waals surface area contributed by atoms with Gasteiger partial charge in [0.2, 0.25) is 5.91 Å². The van der Waals surface area contributed by atoms with E-state index in [1.54, 1.807) is 0 Å². The fourth-order valence-corrected chi connectivity index (χ4v) is 7.96. The molecule has 6 heteroatoms. The van der Waals surface area contributed by atoms with Gasteiger partial charge in [0.15, 0.2) is 0 Å². The van der Waals surface area contributed by atoms with Gasteiger partial charge in [0, 0.05) is 6.42 Å². The van der Waals surface area contributed by atoms with Crippen molar-refractivity contribution in [1.29, 1.82) is 0 Å². The summed E-state index contributed by atoms with van der Waals surface area (Å²) in [6, 6.07) is -0.696. The summed E-state index contributed by atoms with van der Waals surface area (Å²) >= 11 is 0. The summed E-state index contributed by atoms with van der Waals surface area (Å²) in [6.07, 6.45) is 49.9. The van der Waals surface area contributed by atoms with Gasteiger partial charge in [-0.15, -0.1) is 0 Å². The number of carbonyl (C=O) groups excluding carboxylic acids is 2. The van der Waals surface area contributed by atoms with Crippen LogP contribution in [0.2, 0.25) is 0 Å². The van der Waals surface area contributed by atoms with Crippen LogP contribution in [0.3, 0.4) is 0 Å². The molecule has 0 bridgehead atoms. The number of ether oxygens (including phenoxy) is 1. The van der Waals surface area contributed by atoms with Crippen LogP contribution in [0.4, 0.5) is 0 Å². The topological polar surface area (TPSA) is 95.9 Å². The summed E-state index contributed by atoms with van der Waals surface area (Å²) in [5.41, 5.74) is 0. The van der Waals surface area contributed by atoms with E-state index in [0.29, 0.717) is 19.3 Å². The van der Waals surface area contributed by atoms with E-state index in [9.17, 15) is 19.8 Å². The first-order valence-corrected chi connectivity index (χ1v) is 25.4.